The van der Waals surface area contributed by atoms with Gasteiger partial charge in [-0.3, -0.25) is 4.79 Å². The van der Waals surface area contributed by atoms with E-state index in [0.29, 0.717) is 25.1 Å². The van der Waals surface area contributed by atoms with Gasteiger partial charge in [-0.1, -0.05) is 30.4 Å². The van der Waals surface area contributed by atoms with Crippen LogP contribution >= 0.6 is 0 Å². The standard InChI is InChI=1S/C26H35N5O2/c1-5-7-20-12-22(11-18(20)3)28-26-27-13-21-14-31(16-24(21)29-26)25(32)17-33-23-9-8-19(4)30(15-23)10-6-2/h5-7,10,13,22-23H,4,8-9,11-12,14-17H2,1-3H3,(H,27,28,29). The Morgan fingerprint density at radius 1 is 1.30 bits per heavy atom. The average Bonchev–Trinajstić information content (AvgIpc) is 3.37. The SMILES string of the molecule is C=C1CCC(OCC(=O)N2Cc3cnc(NC4CC(C)=C(C=CC)C4)nc3C2)CN1C=CC. The van der Waals surface area contributed by atoms with Crippen LogP contribution in [0.2, 0.25) is 0 Å². The van der Waals surface area contributed by atoms with E-state index in [-0.39, 0.29) is 18.6 Å². The maximum Gasteiger partial charge on any atom is 0.249 e. The second kappa shape index (κ2) is 10.3. The van der Waals surface area contributed by atoms with Gasteiger partial charge in [-0.15, -0.1) is 0 Å². The van der Waals surface area contributed by atoms with Gasteiger partial charge in [0.25, 0.3) is 0 Å². The number of nitrogens with zero attached hydrogens (tertiary/aromatic N) is 4. The first-order valence-electron chi connectivity index (χ1n) is 11.9. The Hall–Kier alpha value is -2.93. The number of hydrogen-bond donors (Lipinski definition) is 1. The molecule has 4 rings (SSSR count). The van der Waals surface area contributed by atoms with Gasteiger partial charge in [-0.05, 0) is 58.2 Å². The highest BCUT2D eigenvalue weighted by Gasteiger charge is 2.28. The van der Waals surface area contributed by atoms with Gasteiger partial charge in [0.2, 0.25) is 11.9 Å². The van der Waals surface area contributed by atoms with E-state index in [1.54, 1.807) is 4.90 Å². The Balaban J connectivity index is 1.28. The van der Waals surface area contributed by atoms with Crippen molar-refractivity contribution in [3.8, 4) is 0 Å². The number of rotatable bonds is 7. The molecular formula is C26H35N5O2. The number of piperidine rings is 1. The number of aromatic nitrogens is 2. The highest BCUT2D eigenvalue weighted by molar-refractivity contribution is 5.78. The minimum Gasteiger partial charge on any atom is -0.367 e. The molecule has 2 unspecified atom stereocenters. The van der Waals surface area contributed by atoms with Crippen molar-refractivity contribution in [2.45, 2.75) is 71.7 Å². The molecular weight excluding hydrogens is 414 g/mol. The summed E-state index contributed by atoms with van der Waals surface area (Å²) in [4.78, 5) is 25.9. The number of fused-ring (bicyclic) bond motifs is 1. The van der Waals surface area contributed by atoms with Crippen molar-refractivity contribution in [3.05, 3.63) is 65.3 Å². The number of carbonyl (C=O) groups is 1. The molecule has 1 aliphatic carbocycles. The first-order chi connectivity index (χ1) is 16.0. The number of hydrogen-bond acceptors (Lipinski definition) is 6. The summed E-state index contributed by atoms with van der Waals surface area (Å²) in [6.07, 6.45) is 13.9. The fourth-order valence-electron chi connectivity index (χ4n) is 4.78. The molecule has 0 aromatic carbocycles. The lowest BCUT2D eigenvalue weighted by atomic mass is 10.1. The Morgan fingerprint density at radius 2 is 2.15 bits per heavy atom. The van der Waals surface area contributed by atoms with Crippen LogP contribution in [0.3, 0.4) is 0 Å². The third-order valence-electron chi connectivity index (χ3n) is 6.61. The highest BCUT2D eigenvalue weighted by Crippen LogP contribution is 2.29. The van der Waals surface area contributed by atoms with E-state index in [1.807, 2.05) is 32.3 Å². The van der Waals surface area contributed by atoms with Gasteiger partial charge in [-0.25, -0.2) is 9.97 Å². The van der Waals surface area contributed by atoms with Gasteiger partial charge in [-0.2, -0.15) is 0 Å². The van der Waals surface area contributed by atoms with Gasteiger partial charge in [0.15, 0.2) is 0 Å². The molecule has 3 heterocycles. The minimum absolute atomic E-state index is 0.00361. The minimum atomic E-state index is -0.00361. The van der Waals surface area contributed by atoms with Gasteiger partial charge < -0.3 is 19.9 Å². The predicted octanol–water partition coefficient (Wildman–Crippen LogP) is 4.31. The summed E-state index contributed by atoms with van der Waals surface area (Å²) < 4.78 is 5.97. The van der Waals surface area contributed by atoms with Crippen molar-refractivity contribution in [2.75, 3.05) is 18.5 Å². The Kier molecular flexibility index (Phi) is 7.28. The van der Waals surface area contributed by atoms with E-state index in [9.17, 15) is 4.79 Å². The van der Waals surface area contributed by atoms with Crippen LogP contribution in [0, 0.1) is 0 Å². The van der Waals surface area contributed by atoms with E-state index in [2.05, 4.69) is 40.9 Å². The third-order valence-corrected chi connectivity index (χ3v) is 6.61. The van der Waals surface area contributed by atoms with Crippen molar-refractivity contribution in [1.82, 2.24) is 19.8 Å². The summed E-state index contributed by atoms with van der Waals surface area (Å²) in [6, 6.07) is 0.315. The average molecular weight is 450 g/mol. The Morgan fingerprint density at radius 3 is 2.94 bits per heavy atom. The maximum atomic E-state index is 12.8. The van der Waals surface area contributed by atoms with Crippen LogP contribution in [0.5, 0.6) is 0 Å². The maximum absolute atomic E-state index is 12.8. The molecule has 1 fully saturated rings. The van der Waals surface area contributed by atoms with Crippen LogP contribution in [0.25, 0.3) is 0 Å². The number of ether oxygens (including phenoxy) is 1. The van der Waals surface area contributed by atoms with Gasteiger partial charge in [0.05, 0.1) is 18.3 Å². The van der Waals surface area contributed by atoms with Crippen LogP contribution in [0.4, 0.5) is 5.95 Å². The van der Waals surface area contributed by atoms with E-state index < -0.39 is 0 Å². The second-order valence-corrected chi connectivity index (χ2v) is 9.14. The Labute approximate surface area is 196 Å². The van der Waals surface area contributed by atoms with Gasteiger partial charge in [0.1, 0.15) is 6.61 Å². The lowest BCUT2D eigenvalue weighted by molar-refractivity contribution is -0.139. The van der Waals surface area contributed by atoms with E-state index in [1.165, 1.54) is 11.1 Å². The summed E-state index contributed by atoms with van der Waals surface area (Å²) in [5.41, 5.74) is 5.84. The molecule has 1 aromatic rings. The molecule has 1 saturated heterocycles. The van der Waals surface area contributed by atoms with E-state index in [4.69, 9.17) is 9.72 Å². The van der Waals surface area contributed by atoms with Crippen molar-refractivity contribution < 1.29 is 9.53 Å². The number of carbonyl (C=O) groups excluding carboxylic acids is 1. The number of amides is 1. The normalized spacial score (nSPS) is 23.3. The molecule has 1 amide bonds. The molecule has 7 nitrogen and oxygen atoms in total. The molecule has 0 saturated carbocycles. The zero-order valence-corrected chi connectivity index (χ0v) is 20.0. The molecule has 2 aliphatic heterocycles. The quantitative estimate of drug-likeness (QED) is 0.669. The predicted molar refractivity (Wildman–Crippen MR) is 130 cm³/mol. The summed E-state index contributed by atoms with van der Waals surface area (Å²) in [5.74, 6) is 0.640. The molecule has 3 aliphatic rings. The van der Waals surface area contributed by atoms with Crippen molar-refractivity contribution in [2.24, 2.45) is 0 Å². The Bertz CT molecular complexity index is 996. The number of likely N-dealkylation sites (tertiary alicyclic amines) is 1. The number of anilines is 1. The fraction of sp³-hybridized carbons (Fsp3) is 0.500. The lowest BCUT2D eigenvalue weighted by Crippen LogP contribution is -2.38. The highest BCUT2D eigenvalue weighted by atomic mass is 16.5. The number of nitrogens with one attached hydrogen (secondary N) is 1. The van der Waals surface area contributed by atoms with Gasteiger partial charge >= 0.3 is 0 Å². The molecule has 176 valence electrons. The molecule has 7 heteroatoms. The molecule has 2 atom stereocenters. The number of allylic oxidation sites excluding steroid dienone is 4. The van der Waals surface area contributed by atoms with E-state index in [0.717, 1.165) is 49.2 Å². The molecule has 1 N–H and O–H groups in total. The monoisotopic (exact) mass is 449 g/mol. The topological polar surface area (TPSA) is 70.6 Å². The van der Waals surface area contributed by atoms with Crippen LogP contribution in [0.15, 0.2) is 54.0 Å². The first kappa shape index (κ1) is 23.2. The van der Waals surface area contributed by atoms with Crippen molar-refractivity contribution in [3.63, 3.8) is 0 Å². The van der Waals surface area contributed by atoms with Gasteiger partial charge in [0, 0.05) is 36.6 Å². The summed E-state index contributed by atoms with van der Waals surface area (Å²) in [6.45, 7) is 12.2. The van der Waals surface area contributed by atoms with E-state index >= 15 is 0 Å². The van der Waals surface area contributed by atoms with Crippen molar-refractivity contribution in [1.29, 1.82) is 0 Å². The largest absolute Gasteiger partial charge is 0.367 e. The zero-order valence-electron chi connectivity index (χ0n) is 20.0. The summed E-state index contributed by atoms with van der Waals surface area (Å²) in [5, 5.41) is 3.48. The molecule has 1 aromatic heterocycles. The molecule has 33 heavy (non-hydrogen) atoms. The smallest absolute Gasteiger partial charge is 0.249 e. The van der Waals surface area contributed by atoms with Crippen LogP contribution in [0.1, 0.15) is 57.7 Å². The second-order valence-electron chi connectivity index (χ2n) is 9.14. The lowest BCUT2D eigenvalue weighted by Gasteiger charge is -2.33. The summed E-state index contributed by atoms with van der Waals surface area (Å²) in [7, 11) is 0. The summed E-state index contributed by atoms with van der Waals surface area (Å²) >= 11 is 0. The first-order valence-corrected chi connectivity index (χ1v) is 11.9. The van der Waals surface area contributed by atoms with Crippen LogP contribution in [-0.2, 0) is 22.6 Å². The molecule has 0 bridgehead atoms. The zero-order chi connectivity index (χ0) is 23.4. The third kappa shape index (κ3) is 5.53. The van der Waals surface area contributed by atoms with Crippen LogP contribution < -0.4 is 5.32 Å². The molecule has 0 radical (unpaired) electrons. The molecule has 0 spiro atoms. The van der Waals surface area contributed by atoms with Crippen molar-refractivity contribution >= 4 is 11.9 Å². The fourth-order valence-corrected chi connectivity index (χ4v) is 4.78. The van der Waals surface area contributed by atoms with Crippen LogP contribution in [-0.4, -0.2) is 51.0 Å².